The van der Waals surface area contributed by atoms with Crippen LogP contribution in [0.4, 0.5) is 0 Å². The Morgan fingerprint density at radius 3 is 2.67 bits per heavy atom. The summed E-state index contributed by atoms with van der Waals surface area (Å²) in [5, 5.41) is 0.644. The van der Waals surface area contributed by atoms with E-state index in [4.69, 9.17) is 17.3 Å². The third-order valence-electron chi connectivity index (χ3n) is 2.85. The summed E-state index contributed by atoms with van der Waals surface area (Å²) in [4.78, 5) is 11.8. The first-order valence-electron chi connectivity index (χ1n) is 5.74. The molecule has 0 bridgehead atoms. The molecular formula is C14H15ClN2O. The largest absolute Gasteiger partial charge is 0.326 e. The molecule has 94 valence electrons. The molecule has 2 rings (SSSR count). The van der Waals surface area contributed by atoms with E-state index >= 15 is 0 Å². The Morgan fingerprint density at radius 1 is 1.28 bits per heavy atom. The minimum Gasteiger partial charge on any atom is -0.326 e. The average molecular weight is 263 g/mol. The van der Waals surface area contributed by atoms with Crippen molar-refractivity contribution in [2.24, 2.45) is 5.73 Å². The first kappa shape index (κ1) is 12.9. The van der Waals surface area contributed by atoms with Gasteiger partial charge in [-0.15, -0.1) is 0 Å². The lowest BCUT2D eigenvalue weighted by atomic mass is 10.1. The van der Waals surface area contributed by atoms with E-state index in [1.807, 2.05) is 31.2 Å². The van der Waals surface area contributed by atoms with Crippen LogP contribution in [0.1, 0.15) is 16.7 Å². The van der Waals surface area contributed by atoms with E-state index in [-0.39, 0.29) is 5.56 Å². The van der Waals surface area contributed by atoms with E-state index in [1.54, 1.807) is 16.8 Å². The molecule has 0 aliphatic heterocycles. The summed E-state index contributed by atoms with van der Waals surface area (Å²) in [7, 11) is 0. The zero-order valence-electron chi connectivity index (χ0n) is 10.2. The van der Waals surface area contributed by atoms with Crippen LogP contribution < -0.4 is 11.3 Å². The lowest BCUT2D eigenvalue weighted by molar-refractivity contribution is 0.757. The first-order chi connectivity index (χ1) is 8.60. The van der Waals surface area contributed by atoms with E-state index in [0.29, 0.717) is 18.1 Å². The number of nitrogens with zero attached hydrogens (tertiary/aromatic N) is 1. The Morgan fingerprint density at radius 2 is 2.06 bits per heavy atom. The Kier molecular flexibility index (Phi) is 3.84. The molecule has 0 saturated carbocycles. The van der Waals surface area contributed by atoms with Gasteiger partial charge in [-0.05, 0) is 35.7 Å². The van der Waals surface area contributed by atoms with Gasteiger partial charge in [0.05, 0.1) is 6.54 Å². The number of nitrogens with two attached hydrogens (primary N) is 1. The molecule has 2 aromatic rings. The predicted octanol–water partition coefficient (Wildman–Crippen LogP) is 2.32. The lowest BCUT2D eigenvalue weighted by Gasteiger charge is -2.09. The first-order valence-corrected chi connectivity index (χ1v) is 6.12. The van der Waals surface area contributed by atoms with Crippen molar-refractivity contribution in [1.82, 2.24) is 4.57 Å². The molecule has 1 aromatic carbocycles. The van der Waals surface area contributed by atoms with Crippen LogP contribution in [0.2, 0.25) is 5.02 Å². The standard InChI is InChI=1S/C14H15ClN2O/c1-10-4-5-17(14(18)6-10)9-12-3-2-11(8-16)7-13(12)15/h2-7H,8-9,16H2,1H3. The molecule has 0 radical (unpaired) electrons. The second-order valence-electron chi connectivity index (χ2n) is 4.30. The fourth-order valence-electron chi connectivity index (χ4n) is 1.77. The van der Waals surface area contributed by atoms with Gasteiger partial charge in [-0.25, -0.2) is 0 Å². The zero-order chi connectivity index (χ0) is 13.1. The maximum atomic E-state index is 11.8. The third-order valence-corrected chi connectivity index (χ3v) is 3.20. The van der Waals surface area contributed by atoms with Gasteiger partial charge >= 0.3 is 0 Å². The lowest BCUT2D eigenvalue weighted by Crippen LogP contribution is -2.19. The van der Waals surface area contributed by atoms with Crippen molar-refractivity contribution in [1.29, 1.82) is 0 Å². The SMILES string of the molecule is Cc1ccn(Cc2ccc(CN)cc2Cl)c(=O)c1. The summed E-state index contributed by atoms with van der Waals surface area (Å²) < 4.78 is 1.64. The van der Waals surface area contributed by atoms with Crippen LogP contribution in [0.15, 0.2) is 41.3 Å². The van der Waals surface area contributed by atoms with E-state index in [2.05, 4.69) is 0 Å². The molecule has 3 nitrogen and oxygen atoms in total. The normalized spacial score (nSPS) is 10.6. The second kappa shape index (κ2) is 5.38. The predicted molar refractivity (Wildman–Crippen MR) is 73.9 cm³/mol. The Labute approximate surface area is 111 Å². The quantitative estimate of drug-likeness (QED) is 0.923. The number of pyridine rings is 1. The molecule has 4 heteroatoms. The third kappa shape index (κ3) is 2.81. The van der Waals surface area contributed by atoms with Crippen molar-refractivity contribution >= 4 is 11.6 Å². The molecule has 18 heavy (non-hydrogen) atoms. The molecule has 0 amide bonds. The van der Waals surface area contributed by atoms with Gasteiger partial charge in [0.2, 0.25) is 0 Å². The molecule has 0 aliphatic rings. The summed E-state index contributed by atoms with van der Waals surface area (Å²) >= 11 is 6.17. The molecule has 2 N–H and O–H groups in total. The summed E-state index contributed by atoms with van der Waals surface area (Å²) in [6.07, 6.45) is 1.78. The summed E-state index contributed by atoms with van der Waals surface area (Å²) in [5.41, 5.74) is 8.39. The molecule has 0 spiro atoms. The number of aromatic nitrogens is 1. The minimum atomic E-state index is -0.0195. The highest BCUT2D eigenvalue weighted by Crippen LogP contribution is 2.18. The zero-order valence-corrected chi connectivity index (χ0v) is 10.9. The smallest absolute Gasteiger partial charge is 0.251 e. The van der Waals surface area contributed by atoms with Crippen molar-refractivity contribution in [2.45, 2.75) is 20.0 Å². The highest BCUT2D eigenvalue weighted by atomic mass is 35.5. The molecule has 0 aliphatic carbocycles. The Balaban J connectivity index is 2.31. The number of aryl methyl sites for hydroxylation is 1. The number of benzene rings is 1. The van der Waals surface area contributed by atoms with Gasteiger partial charge in [-0.2, -0.15) is 0 Å². The van der Waals surface area contributed by atoms with Gasteiger partial charge < -0.3 is 10.3 Å². The monoisotopic (exact) mass is 262 g/mol. The van der Waals surface area contributed by atoms with Gasteiger partial charge in [0.25, 0.3) is 5.56 Å². The maximum Gasteiger partial charge on any atom is 0.251 e. The van der Waals surface area contributed by atoms with Gasteiger partial charge in [0, 0.05) is 23.8 Å². The van der Waals surface area contributed by atoms with Crippen LogP contribution in [0.5, 0.6) is 0 Å². The summed E-state index contributed by atoms with van der Waals surface area (Å²) in [6.45, 7) is 2.84. The van der Waals surface area contributed by atoms with E-state index in [9.17, 15) is 4.79 Å². The van der Waals surface area contributed by atoms with Gasteiger partial charge in [0.15, 0.2) is 0 Å². The van der Waals surface area contributed by atoms with Crippen LogP contribution in [-0.4, -0.2) is 4.57 Å². The van der Waals surface area contributed by atoms with E-state index in [0.717, 1.165) is 16.7 Å². The van der Waals surface area contributed by atoms with Crippen LogP contribution in [0.25, 0.3) is 0 Å². The average Bonchev–Trinajstić information content (AvgIpc) is 2.34. The number of hydrogen-bond donors (Lipinski definition) is 1. The van der Waals surface area contributed by atoms with Gasteiger partial charge in [-0.1, -0.05) is 23.7 Å². The van der Waals surface area contributed by atoms with Crippen molar-refractivity contribution in [3.8, 4) is 0 Å². The number of hydrogen-bond acceptors (Lipinski definition) is 2. The topological polar surface area (TPSA) is 48.0 Å². The summed E-state index contributed by atoms with van der Waals surface area (Å²) in [6, 6.07) is 9.21. The Hall–Kier alpha value is -1.58. The molecule has 0 fully saturated rings. The van der Waals surface area contributed by atoms with E-state index < -0.39 is 0 Å². The van der Waals surface area contributed by atoms with Crippen molar-refractivity contribution in [3.05, 3.63) is 68.6 Å². The fourth-order valence-corrected chi connectivity index (χ4v) is 2.03. The second-order valence-corrected chi connectivity index (χ2v) is 4.71. The van der Waals surface area contributed by atoms with Crippen molar-refractivity contribution in [3.63, 3.8) is 0 Å². The molecule has 0 saturated heterocycles. The molecule has 1 heterocycles. The van der Waals surface area contributed by atoms with Crippen LogP contribution in [-0.2, 0) is 13.1 Å². The van der Waals surface area contributed by atoms with Crippen molar-refractivity contribution in [2.75, 3.05) is 0 Å². The summed E-state index contributed by atoms with van der Waals surface area (Å²) in [5.74, 6) is 0. The molecule has 0 atom stereocenters. The van der Waals surface area contributed by atoms with Crippen LogP contribution in [0.3, 0.4) is 0 Å². The molecule has 1 aromatic heterocycles. The maximum absolute atomic E-state index is 11.8. The fraction of sp³-hybridized carbons (Fsp3) is 0.214. The molecular weight excluding hydrogens is 248 g/mol. The van der Waals surface area contributed by atoms with Crippen LogP contribution in [0, 0.1) is 6.92 Å². The van der Waals surface area contributed by atoms with E-state index in [1.165, 1.54) is 0 Å². The van der Waals surface area contributed by atoms with Crippen molar-refractivity contribution < 1.29 is 0 Å². The van der Waals surface area contributed by atoms with Crippen LogP contribution >= 0.6 is 11.6 Å². The minimum absolute atomic E-state index is 0.0195. The molecule has 0 unspecified atom stereocenters. The highest BCUT2D eigenvalue weighted by molar-refractivity contribution is 6.31. The Bertz CT molecular complexity index is 619. The highest BCUT2D eigenvalue weighted by Gasteiger charge is 2.04. The van der Waals surface area contributed by atoms with Gasteiger partial charge in [0.1, 0.15) is 0 Å². The number of rotatable bonds is 3. The van der Waals surface area contributed by atoms with Gasteiger partial charge in [-0.3, -0.25) is 4.79 Å². The number of halogens is 1.